The van der Waals surface area contributed by atoms with E-state index >= 15 is 0 Å². The Morgan fingerprint density at radius 3 is 2.72 bits per heavy atom. The SMILES string of the molecule is O=C(Cc1noc(C(=O)NCc2ccncc2)n1)Nc1cccc2ncccc12. The van der Waals surface area contributed by atoms with Gasteiger partial charge in [0.25, 0.3) is 0 Å². The third kappa shape index (κ3) is 4.41. The molecule has 0 spiro atoms. The molecule has 2 N–H and O–H groups in total. The summed E-state index contributed by atoms with van der Waals surface area (Å²) in [6.45, 7) is 0.300. The number of hydrogen-bond donors (Lipinski definition) is 2. The third-order valence-corrected chi connectivity index (χ3v) is 4.10. The molecule has 4 aromatic rings. The number of carbonyl (C=O) groups excluding carboxylic acids is 2. The number of aromatic nitrogens is 4. The summed E-state index contributed by atoms with van der Waals surface area (Å²) in [4.78, 5) is 36.6. The Morgan fingerprint density at radius 1 is 1.00 bits per heavy atom. The highest BCUT2D eigenvalue weighted by Crippen LogP contribution is 2.21. The average Bonchev–Trinajstić information content (AvgIpc) is 3.21. The van der Waals surface area contributed by atoms with Gasteiger partial charge in [0.2, 0.25) is 5.91 Å². The van der Waals surface area contributed by atoms with Gasteiger partial charge in [-0.05, 0) is 42.0 Å². The fourth-order valence-corrected chi connectivity index (χ4v) is 2.73. The summed E-state index contributed by atoms with van der Waals surface area (Å²) in [6.07, 6.45) is 4.83. The highest BCUT2D eigenvalue weighted by Gasteiger charge is 2.17. The summed E-state index contributed by atoms with van der Waals surface area (Å²) in [5, 5.41) is 10.0. The van der Waals surface area contributed by atoms with Gasteiger partial charge >= 0.3 is 11.8 Å². The number of benzene rings is 1. The average molecular weight is 388 g/mol. The lowest BCUT2D eigenvalue weighted by atomic mass is 10.2. The molecule has 0 unspecified atom stereocenters. The maximum absolute atomic E-state index is 12.4. The minimum atomic E-state index is -0.513. The van der Waals surface area contributed by atoms with Gasteiger partial charge in [0.05, 0.1) is 17.6 Å². The first-order valence-electron chi connectivity index (χ1n) is 8.82. The zero-order valence-electron chi connectivity index (χ0n) is 15.2. The molecular weight excluding hydrogens is 372 g/mol. The van der Waals surface area contributed by atoms with Crippen molar-refractivity contribution >= 4 is 28.4 Å². The van der Waals surface area contributed by atoms with E-state index in [1.165, 1.54) is 0 Å². The first-order chi connectivity index (χ1) is 14.2. The lowest BCUT2D eigenvalue weighted by molar-refractivity contribution is -0.115. The zero-order chi connectivity index (χ0) is 20.1. The summed E-state index contributed by atoms with van der Waals surface area (Å²) in [5.41, 5.74) is 2.30. The highest BCUT2D eigenvalue weighted by atomic mass is 16.5. The molecule has 0 atom stereocenters. The normalized spacial score (nSPS) is 10.6. The Hall–Kier alpha value is -4.14. The number of nitrogens with zero attached hydrogens (tertiary/aromatic N) is 4. The van der Waals surface area contributed by atoms with Crippen LogP contribution in [-0.2, 0) is 17.8 Å². The van der Waals surface area contributed by atoms with Crippen molar-refractivity contribution in [2.24, 2.45) is 0 Å². The summed E-state index contributed by atoms with van der Waals surface area (Å²) < 4.78 is 4.96. The van der Waals surface area contributed by atoms with Crippen molar-refractivity contribution in [3.8, 4) is 0 Å². The molecule has 0 saturated heterocycles. The van der Waals surface area contributed by atoms with E-state index in [-0.39, 0.29) is 24.0 Å². The molecule has 0 bridgehead atoms. The molecule has 3 heterocycles. The van der Waals surface area contributed by atoms with Crippen LogP contribution in [0.5, 0.6) is 0 Å². The fourth-order valence-electron chi connectivity index (χ4n) is 2.73. The lowest BCUT2D eigenvalue weighted by Gasteiger charge is -2.07. The number of rotatable bonds is 6. The number of amides is 2. The second-order valence-electron chi connectivity index (χ2n) is 6.15. The molecule has 0 aliphatic rings. The van der Waals surface area contributed by atoms with Crippen LogP contribution in [0.1, 0.15) is 22.1 Å². The van der Waals surface area contributed by atoms with Crippen molar-refractivity contribution in [1.29, 1.82) is 0 Å². The van der Waals surface area contributed by atoms with E-state index < -0.39 is 5.91 Å². The van der Waals surface area contributed by atoms with Crippen LogP contribution < -0.4 is 10.6 Å². The van der Waals surface area contributed by atoms with Gasteiger partial charge in [0, 0.05) is 30.5 Å². The van der Waals surface area contributed by atoms with Crippen molar-refractivity contribution < 1.29 is 14.1 Å². The van der Waals surface area contributed by atoms with Crippen LogP contribution >= 0.6 is 0 Å². The van der Waals surface area contributed by atoms with E-state index in [9.17, 15) is 9.59 Å². The van der Waals surface area contributed by atoms with Crippen LogP contribution in [0.3, 0.4) is 0 Å². The Kier molecular flexibility index (Phi) is 5.19. The van der Waals surface area contributed by atoms with E-state index in [1.807, 2.05) is 18.2 Å². The highest BCUT2D eigenvalue weighted by molar-refractivity contribution is 6.01. The molecule has 4 rings (SSSR count). The van der Waals surface area contributed by atoms with Crippen LogP contribution in [-0.4, -0.2) is 31.9 Å². The number of anilines is 1. The molecule has 0 aliphatic heterocycles. The largest absolute Gasteiger partial charge is 0.344 e. The Labute approximate surface area is 165 Å². The van der Waals surface area contributed by atoms with Gasteiger partial charge in [-0.25, -0.2) is 0 Å². The van der Waals surface area contributed by atoms with Crippen LogP contribution in [0.25, 0.3) is 10.9 Å². The quantitative estimate of drug-likeness (QED) is 0.519. The molecule has 29 heavy (non-hydrogen) atoms. The second kappa shape index (κ2) is 8.26. The standard InChI is InChI=1S/C20H16N6O3/c27-18(24-16-5-1-4-15-14(16)3-2-8-22-15)11-17-25-20(29-26-17)19(28)23-12-13-6-9-21-10-7-13/h1-10H,11-12H2,(H,23,28)(H,24,27). The van der Waals surface area contributed by atoms with Gasteiger partial charge < -0.3 is 15.2 Å². The second-order valence-corrected chi connectivity index (χ2v) is 6.15. The van der Waals surface area contributed by atoms with Crippen molar-refractivity contribution in [3.63, 3.8) is 0 Å². The van der Waals surface area contributed by atoms with E-state index in [0.29, 0.717) is 12.2 Å². The van der Waals surface area contributed by atoms with E-state index in [1.54, 1.807) is 42.9 Å². The summed E-state index contributed by atoms with van der Waals surface area (Å²) >= 11 is 0. The number of carbonyl (C=O) groups is 2. The van der Waals surface area contributed by atoms with Gasteiger partial charge in [0.1, 0.15) is 0 Å². The fraction of sp³-hybridized carbons (Fsp3) is 0.100. The molecule has 3 aromatic heterocycles. The molecule has 2 amide bonds. The van der Waals surface area contributed by atoms with Crippen LogP contribution in [0.15, 0.2) is 65.6 Å². The first-order valence-corrected chi connectivity index (χ1v) is 8.82. The predicted octanol–water partition coefficient (Wildman–Crippen LogP) is 2.12. The monoisotopic (exact) mass is 388 g/mol. The van der Waals surface area contributed by atoms with Gasteiger partial charge in [-0.1, -0.05) is 11.2 Å². The molecule has 9 heteroatoms. The maximum atomic E-state index is 12.4. The van der Waals surface area contributed by atoms with Crippen molar-refractivity contribution in [3.05, 3.63) is 78.3 Å². The van der Waals surface area contributed by atoms with E-state index in [4.69, 9.17) is 4.52 Å². The van der Waals surface area contributed by atoms with Gasteiger partial charge in [0.15, 0.2) is 5.82 Å². The number of hydrogen-bond acceptors (Lipinski definition) is 7. The molecule has 0 radical (unpaired) electrons. The Bertz CT molecular complexity index is 1150. The third-order valence-electron chi connectivity index (χ3n) is 4.10. The molecule has 0 fully saturated rings. The van der Waals surface area contributed by atoms with Crippen molar-refractivity contribution in [2.75, 3.05) is 5.32 Å². The minimum Gasteiger partial charge on any atom is -0.344 e. The van der Waals surface area contributed by atoms with Gasteiger partial charge in [-0.15, -0.1) is 0 Å². The number of fused-ring (bicyclic) bond motifs is 1. The van der Waals surface area contributed by atoms with Crippen molar-refractivity contribution in [1.82, 2.24) is 25.4 Å². The molecule has 9 nitrogen and oxygen atoms in total. The molecule has 0 aliphatic carbocycles. The summed E-state index contributed by atoms with van der Waals surface area (Å²) in [6, 6.07) is 12.7. The topological polar surface area (TPSA) is 123 Å². The number of pyridine rings is 2. The van der Waals surface area contributed by atoms with Crippen molar-refractivity contribution in [2.45, 2.75) is 13.0 Å². The van der Waals surface area contributed by atoms with E-state index in [0.717, 1.165) is 16.5 Å². The lowest BCUT2D eigenvalue weighted by Crippen LogP contribution is -2.23. The molecule has 0 saturated carbocycles. The summed E-state index contributed by atoms with van der Waals surface area (Å²) in [7, 11) is 0. The number of nitrogens with one attached hydrogen (secondary N) is 2. The summed E-state index contributed by atoms with van der Waals surface area (Å²) in [5.74, 6) is -0.918. The minimum absolute atomic E-state index is 0.120. The van der Waals surface area contributed by atoms with Gasteiger partial charge in [-0.2, -0.15) is 4.98 Å². The maximum Gasteiger partial charge on any atom is 0.315 e. The van der Waals surface area contributed by atoms with E-state index in [2.05, 4.69) is 30.7 Å². The zero-order valence-corrected chi connectivity index (χ0v) is 15.2. The smallest absolute Gasteiger partial charge is 0.315 e. The first kappa shape index (κ1) is 18.2. The van der Waals surface area contributed by atoms with Crippen LogP contribution in [0.2, 0.25) is 0 Å². The predicted molar refractivity (Wildman–Crippen MR) is 104 cm³/mol. The van der Waals surface area contributed by atoms with Gasteiger partial charge in [-0.3, -0.25) is 19.6 Å². The molecule has 1 aromatic carbocycles. The molecular formula is C20H16N6O3. The molecule has 144 valence electrons. The van der Waals surface area contributed by atoms with Crippen LogP contribution in [0, 0.1) is 0 Å². The van der Waals surface area contributed by atoms with Crippen LogP contribution in [0.4, 0.5) is 5.69 Å². The Balaban J connectivity index is 1.37. The Morgan fingerprint density at radius 2 is 1.86 bits per heavy atom.